The van der Waals surface area contributed by atoms with Gasteiger partial charge in [0.15, 0.2) is 0 Å². The van der Waals surface area contributed by atoms with Gasteiger partial charge >= 0.3 is 0 Å². The molecule has 0 bridgehead atoms. The molecular weight excluding hydrogens is 280 g/mol. The number of carbonyl (C=O) groups excluding carboxylic acids is 1. The first kappa shape index (κ1) is 14.2. The van der Waals surface area contributed by atoms with E-state index < -0.39 is 0 Å². The predicted octanol–water partition coefficient (Wildman–Crippen LogP) is 2.52. The van der Waals surface area contributed by atoms with Gasteiger partial charge in [-0.05, 0) is 37.4 Å². The summed E-state index contributed by atoms with van der Waals surface area (Å²) in [6, 6.07) is 7.38. The number of carbonyl (C=O) groups is 1. The molecule has 0 spiro atoms. The van der Waals surface area contributed by atoms with E-state index in [9.17, 15) is 4.79 Å². The van der Waals surface area contributed by atoms with Crippen molar-refractivity contribution >= 4 is 21.8 Å². The maximum Gasteiger partial charge on any atom is 0.251 e. The van der Waals surface area contributed by atoms with Gasteiger partial charge in [0.2, 0.25) is 0 Å². The second kappa shape index (κ2) is 7.45. The van der Waals surface area contributed by atoms with E-state index in [0.717, 1.165) is 24.1 Å². The summed E-state index contributed by atoms with van der Waals surface area (Å²) >= 11 is 3.35. The molecule has 4 heteroatoms. The Balaban J connectivity index is 2.37. The van der Waals surface area contributed by atoms with E-state index in [1.807, 2.05) is 24.3 Å². The monoisotopic (exact) mass is 298 g/mol. The zero-order valence-corrected chi connectivity index (χ0v) is 12.0. The fourth-order valence-corrected chi connectivity index (χ4v) is 1.84. The first-order chi connectivity index (χ1) is 8.17. The van der Waals surface area contributed by atoms with Crippen LogP contribution in [0.25, 0.3) is 0 Å². The van der Waals surface area contributed by atoms with Gasteiger partial charge in [0.05, 0.1) is 0 Å². The highest BCUT2D eigenvalue weighted by Gasteiger charge is 2.05. The molecule has 0 saturated heterocycles. The third kappa shape index (κ3) is 4.88. The number of rotatable bonds is 6. The summed E-state index contributed by atoms with van der Waals surface area (Å²) in [5.41, 5.74) is 0.702. The average molecular weight is 299 g/mol. The summed E-state index contributed by atoms with van der Waals surface area (Å²) in [7, 11) is 0. The lowest BCUT2D eigenvalue weighted by molar-refractivity contribution is 0.0949. The van der Waals surface area contributed by atoms with Crippen LogP contribution >= 0.6 is 15.9 Å². The molecule has 1 aromatic carbocycles. The van der Waals surface area contributed by atoms with Gasteiger partial charge in [-0.25, -0.2) is 0 Å². The molecule has 0 aliphatic rings. The maximum absolute atomic E-state index is 11.8. The molecule has 0 aliphatic heterocycles. The zero-order chi connectivity index (χ0) is 12.7. The number of nitrogens with zero attached hydrogens (tertiary/aromatic N) is 1. The van der Waals surface area contributed by atoms with Crippen LogP contribution in [-0.2, 0) is 0 Å². The molecule has 0 radical (unpaired) electrons. The largest absolute Gasteiger partial charge is 0.351 e. The third-order valence-electron chi connectivity index (χ3n) is 2.71. The molecule has 94 valence electrons. The van der Waals surface area contributed by atoms with Crippen LogP contribution in [0.1, 0.15) is 24.2 Å². The second-order valence-corrected chi connectivity index (χ2v) is 4.71. The standard InChI is InChI=1S/C13H19BrN2O/c1-3-16(4-2)10-9-15-13(17)11-5-7-12(14)8-6-11/h5-8H,3-4,9-10H2,1-2H3,(H,15,17). The van der Waals surface area contributed by atoms with Gasteiger partial charge in [-0.1, -0.05) is 29.8 Å². The van der Waals surface area contributed by atoms with E-state index in [4.69, 9.17) is 0 Å². The Labute approximate surface area is 111 Å². The third-order valence-corrected chi connectivity index (χ3v) is 3.24. The van der Waals surface area contributed by atoms with E-state index in [1.165, 1.54) is 0 Å². The lowest BCUT2D eigenvalue weighted by Gasteiger charge is -2.17. The van der Waals surface area contributed by atoms with E-state index >= 15 is 0 Å². The Morgan fingerprint density at radius 1 is 1.24 bits per heavy atom. The minimum absolute atomic E-state index is 0.00958. The van der Waals surface area contributed by atoms with Gasteiger partial charge in [-0.3, -0.25) is 4.79 Å². The number of likely N-dealkylation sites (N-methyl/N-ethyl adjacent to an activating group) is 1. The highest BCUT2D eigenvalue weighted by molar-refractivity contribution is 9.10. The van der Waals surface area contributed by atoms with Crippen LogP contribution in [-0.4, -0.2) is 37.0 Å². The quantitative estimate of drug-likeness (QED) is 0.875. The summed E-state index contributed by atoms with van der Waals surface area (Å²) in [6.07, 6.45) is 0. The molecular formula is C13H19BrN2O. The number of benzene rings is 1. The molecule has 0 saturated carbocycles. The van der Waals surface area contributed by atoms with Crippen LogP contribution in [0.2, 0.25) is 0 Å². The molecule has 0 heterocycles. The van der Waals surface area contributed by atoms with Crippen LogP contribution in [0.5, 0.6) is 0 Å². The van der Waals surface area contributed by atoms with Crippen LogP contribution < -0.4 is 5.32 Å². The SMILES string of the molecule is CCN(CC)CCNC(=O)c1ccc(Br)cc1. The van der Waals surface area contributed by atoms with Crippen molar-refractivity contribution in [1.82, 2.24) is 10.2 Å². The van der Waals surface area contributed by atoms with Crippen molar-refractivity contribution in [2.75, 3.05) is 26.2 Å². The van der Waals surface area contributed by atoms with Crippen molar-refractivity contribution in [3.8, 4) is 0 Å². The van der Waals surface area contributed by atoms with Crippen LogP contribution in [0, 0.1) is 0 Å². The van der Waals surface area contributed by atoms with Crippen molar-refractivity contribution in [3.05, 3.63) is 34.3 Å². The molecule has 1 rings (SSSR count). The Morgan fingerprint density at radius 3 is 2.35 bits per heavy atom. The molecule has 17 heavy (non-hydrogen) atoms. The van der Waals surface area contributed by atoms with Crippen molar-refractivity contribution in [3.63, 3.8) is 0 Å². The number of nitrogens with one attached hydrogen (secondary N) is 1. The van der Waals surface area contributed by atoms with E-state index in [-0.39, 0.29) is 5.91 Å². The predicted molar refractivity (Wildman–Crippen MR) is 74.3 cm³/mol. The van der Waals surface area contributed by atoms with Crippen molar-refractivity contribution in [2.45, 2.75) is 13.8 Å². The Hall–Kier alpha value is -0.870. The molecule has 1 N–H and O–H groups in total. The second-order valence-electron chi connectivity index (χ2n) is 3.79. The molecule has 0 fully saturated rings. The van der Waals surface area contributed by atoms with Gasteiger partial charge in [-0.2, -0.15) is 0 Å². The lowest BCUT2D eigenvalue weighted by atomic mass is 10.2. The first-order valence-electron chi connectivity index (χ1n) is 5.93. The Morgan fingerprint density at radius 2 is 1.82 bits per heavy atom. The Kier molecular flexibility index (Phi) is 6.22. The zero-order valence-electron chi connectivity index (χ0n) is 10.4. The lowest BCUT2D eigenvalue weighted by Crippen LogP contribution is -2.34. The highest BCUT2D eigenvalue weighted by Crippen LogP contribution is 2.10. The van der Waals surface area contributed by atoms with E-state index in [2.05, 4.69) is 40.0 Å². The van der Waals surface area contributed by atoms with Gasteiger partial charge in [0.25, 0.3) is 5.91 Å². The van der Waals surface area contributed by atoms with Gasteiger partial charge < -0.3 is 10.2 Å². The number of halogens is 1. The minimum Gasteiger partial charge on any atom is -0.351 e. The molecule has 0 aliphatic carbocycles. The van der Waals surface area contributed by atoms with Crippen molar-refractivity contribution < 1.29 is 4.79 Å². The normalized spacial score (nSPS) is 10.6. The van der Waals surface area contributed by atoms with Gasteiger partial charge in [0.1, 0.15) is 0 Å². The molecule has 3 nitrogen and oxygen atoms in total. The van der Waals surface area contributed by atoms with Gasteiger partial charge in [-0.15, -0.1) is 0 Å². The molecule has 0 atom stereocenters. The van der Waals surface area contributed by atoms with Crippen molar-refractivity contribution in [2.24, 2.45) is 0 Å². The van der Waals surface area contributed by atoms with Gasteiger partial charge in [0, 0.05) is 23.1 Å². The minimum atomic E-state index is -0.00958. The summed E-state index contributed by atoms with van der Waals surface area (Å²) < 4.78 is 0.984. The topological polar surface area (TPSA) is 32.3 Å². The molecule has 1 aromatic rings. The van der Waals surface area contributed by atoms with Crippen LogP contribution in [0.15, 0.2) is 28.7 Å². The summed E-state index contributed by atoms with van der Waals surface area (Å²) in [4.78, 5) is 14.0. The Bertz CT molecular complexity index is 347. The fourth-order valence-electron chi connectivity index (χ4n) is 1.57. The average Bonchev–Trinajstić information content (AvgIpc) is 2.35. The number of hydrogen-bond acceptors (Lipinski definition) is 2. The summed E-state index contributed by atoms with van der Waals surface area (Å²) in [5.74, 6) is -0.00958. The summed E-state index contributed by atoms with van der Waals surface area (Å²) in [6.45, 7) is 7.88. The van der Waals surface area contributed by atoms with E-state index in [0.29, 0.717) is 12.1 Å². The fraction of sp³-hybridized carbons (Fsp3) is 0.462. The molecule has 0 unspecified atom stereocenters. The molecule has 0 aromatic heterocycles. The highest BCUT2D eigenvalue weighted by atomic mass is 79.9. The van der Waals surface area contributed by atoms with Crippen molar-refractivity contribution in [1.29, 1.82) is 0 Å². The number of amides is 1. The van der Waals surface area contributed by atoms with E-state index in [1.54, 1.807) is 0 Å². The first-order valence-corrected chi connectivity index (χ1v) is 6.72. The maximum atomic E-state index is 11.8. The van der Waals surface area contributed by atoms with Crippen LogP contribution in [0.3, 0.4) is 0 Å². The molecule has 1 amide bonds. The smallest absolute Gasteiger partial charge is 0.251 e. The van der Waals surface area contributed by atoms with Crippen LogP contribution in [0.4, 0.5) is 0 Å². The number of hydrogen-bond donors (Lipinski definition) is 1. The summed E-state index contributed by atoms with van der Waals surface area (Å²) in [5, 5.41) is 2.92.